The average molecular weight is 338 g/mol. The van der Waals surface area contributed by atoms with Crippen LogP contribution in [0.15, 0.2) is 0 Å². The maximum atomic E-state index is 12.8. The van der Waals surface area contributed by atoms with Crippen molar-refractivity contribution >= 4 is 27.6 Å². The normalized spacial score (nSPS) is 31.2. The maximum absolute atomic E-state index is 12.8. The molecule has 1 aliphatic heterocycles. The molecule has 3 unspecified atom stereocenters. The van der Waals surface area contributed by atoms with E-state index in [0.717, 1.165) is 32.1 Å². The van der Waals surface area contributed by atoms with Gasteiger partial charge >= 0.3 is 6.43 Å². The zero-order valence-corrected chi connectivity index (χ0v) is 12.2. The summed E-state index contributed by atoms with van der Waals surface area (Å²) in [5.74, 6) is -1.05. The molecule has 0 aromatic carbocycles. The van der Waals surface area contributed by atoms with E-state index in [-0.39, 0.29) is 23.1 Å². The Bertz CT molecular complexity index is 365. The Morgan fingerprint density at radius 2 is 1.84 bits per heavy atom. The average Bonchev–Trinajstić information content (AvgIpc) is 2.44. The molecule has 2 aliphatic rings. The summed E-state index contributed by atoms with van der Waals surface area (Å²) in [6.07, 6.45) is 2.12. The van der Waals surface area contributed by atoms with Crippen LogP contribution < -0.4 is 0 Å². The Balaban J connectivity index is 2.24. The molecular weight excluding hydrogens is 320 g/mol. The SMILES string of the molecule is O=C(CBr)C1CCC2CCCCC2N1C(=O)C(F)F. The van der Waals surface area contributed by atoms with E-state index in [9.17, 15) is 18.4 Å². The van der Waals surface area contributed by atoms with Crippen molar-refractivity contribution < 1.29 is 18.4 Å². The molecule has 6 heteroatoms. The molecule has 0 N–H and O–H groups in total. The highest BCUT2D eigenvalue weighted by atomic mass is 79.9. The second kappa shape index (κ2) is 6.29. The molecule has 108 valence electrons. The van der Waals surface area contributed by atoms with Crippen LogP contribution in [0.25, 0.3) is 0 Å². The summed E-state index contributed by atoms with van der Waals surface area (Å²) < 4.78 is 25.6. The maximum Gasteiger partial charge on any atom is 0.315 e. The highest BCUT2D eigenvalue weighted by molar-refractivity contribution is 9.09. The summed E-state index contributed by atoms with van der Waals surface area (Å²) in [7, 11) is 0. The second-order valence-electron chi connectivity index (χ2n) is 5.35. The molecule has 2 fully saturated rings. The number of piperidine rings is 1. The Morgan fingerprint density at radius 3 is 2.47 bits per heavy atom. The van der Waals surface area contributed by atoms with Gasteiger partial charge in [0.1, 0.15) is 0 Å². The van der Waals surface area contributed by atoms with Crippen LogP contribution in [0.2, 0.25) is 0 Å². The summed E-state index contributed by atoms with van der Waals surface area (Å²) >= 11 is 3.08. The number of hydrogen-bond donors (Lipinski definition) is 0. The van der Waals surface area contributed by atoms with E-state index < -0.39 is 18.4 Å². The van der Waals surface area contributed by atoms with Crippen LogP contribution in [0.1, 0.15) is 38.5 Å². The van der Waals surface area contributed by atoms with Crippen molar-refractivity contribution in [3.63, 3.8) is 0 Å². The third-order valence-electron chi connectivity index (χ3n) is 4.32. The Labute approximate surface area is 119 Å². The highest BCUT2D eigenvalue weighted by Gasteiger charge is 2.45. The molecule has 19 heavy (non-hydrogen) atoms. The van der Waals surface area contributed by atoms with Crippen LogP contribution in [0, 0.1) is 5.92 Å². The predicted molar refractivity (Wildman–Crippen MR) is 70.4 cm³/mol. The van der Waals surface area contributed by atoms with Gasteiger partial charge in [-0.1, -0.05) is 28.8 Å². The van der Waals surface area contributed by atoms with Crippen molar-refractivity contribution in [2.24, 2.45) is 5.92 Å². The number of nitrogens with zero attached hydrogens (tertiary/aromatic N) is 1. The molecule has 0 radical (unpaired) electrons. The number of carbonyl (C=O) groups excluding carboxylic acids is 2. The fraction of sp³-hybridized carbons (Fsp3) is 0.846. The molecular formula is C13H18BrF2NO2. The summed E-state index contributed by atoms with van der Waals surface area (Å²) in [6, 6.07) is -0.836. The van der Waals surface area contributed by atoms with Gasteiger partial charge in [-0.25, -0.2) is 0 Å². The van der Waals surface area contributed by atoms with Crippen LogP contribution in [0.3, 0.4) is 0 Å². The number of Topliss-reactive ketones (excluding diaryl/α,β-unsaturated/α-hetero) is 1. The topological polar surface area (TPSA) is 37.4 Å². The van der Waals surface area contributed by atoms with Gasteiger partial charge in [0.2, 0.25) is 0 Å². The minimum Gasteiger partial charge on any atom is -0.324 e. The van der Waals surface area contributed by atoms with Crippen LogP contribution in [0.4, 0.5) is 8.78 Å². The smallest absolute Gasteiger partial charge is 0.315 e. The van der Waals surface area contributed by atoms with E-state index in [1.807, 2.05) is 0 Å². The highest BCUT2D eigenvalue weighted by Crippen LogP contribution is 2.38. The first-order chi connectivity index (χ1) is 9.06. The molecule has 3 atom stereocenters. The van der Waals surface area contributed by atoms with Crippen LogP contribution >= 0.6 is 15.9 Å². The van der Waals surface area contributed by atoms with Gasteiger partial charge in [0.25, 0.3) is 5.91 Å². The van der Waals surface area contributed by atoms with E-state index in [0.29, 0.717) is 6.42 Å². The van der Waals surface area contributed by atoms with Crippen molar-refractivity contribution in [1.29, 1.82) is 0 Å². The van der Waals surface area contributed by atoms with Crippen molar-refractivity contribution in [3.05, 3.63) is 0 Å². The molecule has 0 aromatic rings. The Kier molecular flexibility index (Phi) is 4.92. The van der Waals surface area contributed by atoms with Gasteiger partial charge in [0.05, 0.1) is 11.4 Å². The first-order valence-corrected chi connectivity index (χ1v) is 7.87. The summed E-state index contributed by atoms with van der Waals surface area (Å²) in [4.78, 5) is 24.9. The minimum atomic E-state index is -3.02. The standard InChI is InChI=1S/C13H18BrF2NO2/c14-7-11(18)10-6-5-8-3-1-2-4-9(8)17(10)13(19)12(15)16/h8-10,12H,1-7H2. The molecule has 3 nitrogen and oxygen atoms in total. The number of carbonyl (C=O) groups is 2. The number of rotatable bonds is 3. The lowest BCUT2D eigenvalue weighted by Crippen LogP contribution is -2.59. The van der Waals surface area contributed by atoms with Gasteiger partial charge in [-0.3, -0.25) is 9.59 Å². The zero-order chi connectivity index (χ0) is 14.0. The fourth-order valence-corrected chi connectivity index (χ4v) is 3.84. The van der Waals surface area contributed by atoms with E-state index in [1.165, 1.54) is 4.90 Å². The van der Waals surface area contributed by atoms with Crippen LogP contribution in [-0.4, -0.2) is 40.4 Å². The lowest BCUT2D eigenvalue weighted by molar-refractivity contribution is -0.157. The molecule has 0 bridgehead atoms. The Hall–Kier alpha value is -0.520. The van der Waals surface area contributed by atoms with Crippen molar-refractivity contribution in [2.45, 2.75) is 57.0 Å². The number of alkyl halides is 3. The number of likely N-dealkylation sites (tertiary alicyclic amines) is 1. The zero-order valence-electron chi connectivity index (χ0n) is 10.7. The summed E-state index contributed by atoms with van der Waals surface area (Å²) in [5.41, 5.74) is 0. The fourth-order valence-electron chi connectivity index (χ4n) is 3.47. The van der Waals surface area contributed by atoms with E-state index >= 15 is 0 Å². The predicted octanol–water partition coefficient (Wildman–Crippen LogP) is 2.77. The number of fused-ring (bicyclic) bond motifs is 1. The van der Waals surface area contributed by atoms with Crippen LogP contribution in [-0.2, 0) is 9.59 Å². The van der Waals surface area contributed by atoms with Gasteiger partial charge in [-0.15, -0.1) is 0 Å². The van der Waals surface area contributed by atoms with Gasteiger partial charge in [0.15, 0.2) is 5.78 Å². The molecule has 1 saturated heterocycles. The van der Waals surface area contributed by atoms with E-state index in [1.54, 1.807) is 0 Å². The van der Waals surface area contributed by atoms with Gasteiger partial charge in [-0.2, -0.15) is 8.78 Å². The third kappa shape index (κ3) is 2.98. The third-order valence-corrected chi connectivity index (χ3v) is 4.87. The molecule has 1 amide bonds. The summed E-state index contributed by atoms with van der Waals surface area (Å²) in [6.45, 7) is 0. The molecule has 0 aromatic heterocycles. The Morgan fingerprint density at radius 1 is 1.16 bits per heavy atom. The first kappa shape index (κ1) is 14.9. The molecule has 1 heterocycles. The molecule has 2 rings (SSSR count). The van der Waals surface area contributed by atoms with Gasteiger partial charge in [-0.05, 0) is 31.6 Å². The lowest BCUT2D eigenvalue weighted by Gasteiger charge is -2.47. The van der Waals surface area contributed by atoms with Crippen LogP contribution in [0.5, 0.6) is 0 Å². The first-order valence-electron chi connectivity index (χ1n) is 6.75. The summed E-state index contributed by atoms with van der Waals surface area (Å²) in [5, 5.41) is 0.113. The largest absolute Gasteiger partial charge is 0.324 e. The van der Waals surface area contributed by atoms with Gasteiger partial charge in [0, 0.05) is 6.04 Å². The molecule has 1 saturated carbocycles. The number of hydrogen-bond acceptors (Lipinski definition) is 2. The minimum absolute atomic E-state index is 0.113. The lowest BCUT2D eigenvalue weighted by atomic mass is 9.75. The van der Waals surface area contributed by atoms with Crippen molar-refractivity contribution in [3.8, 4) is 0 Å². The molecule has 1 aliphatic carbocycles. The van der Waals surface area contributed by atoms with E-state index in [2.05, 4.69) is 15.9 Å². The monoisotopic (exact) mass is 337 g/mol. The number of amides is 1. The number of halogens is 3. The second-order valence-corrected chi connectivity index (χ2v) is 5.91. The van der Waals surface area contributed by atoms with E-state index in [4.69, 9.17) is 0 Å². The quantitative estimate of drug-likeness (QED) is 0.742. The van der Waals surface area contributed by atoms with Gasteiger partial charge < -0.3 is 4.90 Å². The van der Waals surface area contributed by atoms with Crippen molar-refractivity contribution in [2.75, 3.05) is 5.33 Å². The molecule has 0 spiro atoms. The van der Waals surface area contributed by atoms with Crippen molar-refractivity contribution in [1.82, 2.24) is 4.90 Å². The number of ketones is 1.